The smallest absolute Gasteiger partial charge is 0.273 e. The van der Waals surface area contributed by atoms with Crippen LogP contribution in [-0.2, 0) is 4.74 Å². The number of hydrogen-bond acceptors (Lipinski definition) is 5. The number of pyridine rings is 1. The molecule has 0 saturated carbocycles. The highest BCUT2D eigenvalue weighted by Gasteiger charge is 2.12. The molecule has 6 nitrogen and oxygen atoms in total. The van der Waals surface area contributed by atoms with Gasteiger partial charge in [0.15, 0.2) is 11.4 Å². The van der Waals surface area contributed by atoms with Crippen molar-refractivity contribution in [3.05, 3.63) is 24.0 Å². The lowest BCUT2D eigenvalue weighted by Crippen LogP contribution is -2.33. The lowest BCUT2D eigenvalue weighted by atomic mass is 10.3. The van der Waals surface area contributed by atoms with Crippen LogP contribution in [0.4, 0.5) is 0 Å². The van der Waals surface area contributed by atoms with Crippen LogP contribution in [0.5, 0.6) is 5.75 Å². The zero-order valence-corrected chi connectivity index (χ0v) is 11.4. The number of methoxy groups -OCH3 is 1. The maximum Gasteiger partial charge on any atom is 0.273 e. The number of hydrogen-bond donors (Lipinski definition) is 2. The molecule has 0 aromatic carbocycles. The van der Waals surface area contributed by atoms with Crippen molar-refractivity contribution in [1.82, 2.24) is 15.6 Å². The number of carbonyl (C=O) groups excluding carboxylic acids is 1. The second-order valence-electron chi connectivity index (χ2n) is 3.78. The minimum absolute atomic E-state index is 0.224. The van der Waals surface area contributed by atoms with Crippen LogP contribution >= 0.6 is 0 Å². The molecule has 1 amide bonds. The summed E-state index contributed by atoms with van der Waals surface area (Å²) >= 11 is 0. The number of amides is 1. The number of carbonyl (C=O) groups is 1. The van der Waals surface area contributed by atoms with Gasteiger partial charge in [0.1, 0.15) is 0 Å². The summed E-state index contributed by atoms with van der Waals surface area (Å²) in [7, 11) is 1.65. The van der Waals surface area contributed by atoms with Gasteiger partial charge >= 0.3 is 0 Å². The number of rotatable bonds is 9. The molecular formula is C13H21N3O3. The van der Waals surface area contributed by atoms with Crippen LogP contribution in [0.2, 0.25) is 0 Å². The summed E-state index contributed by atoms with van der Waals surface area (Å²) in [6.07, 6.45) is 1.58. The van der Waals surface area contributed by atoms with Gasteiger partial charge in [-0.15, -0.1) is 0 Å². The molecule has 0 saturated heterocycles. The molecule has 0 aliphatic rings. The summed E-state index contributed by atoms with van der Waals surface area (Å²) in [5.74, 6) is 0.285. The largest absolute Gasteiger partial charge is 0.491 e. The summed E-state index contributed by atoms with van der Waals surface area (Å²) < 4.78 is 10.3. The summed E-state index contributed by atoms with van der Waals surface area (Å²) in [5, 5.41) is 5.93. The van der Waals surface area contributed by atoms with Crippen molar-refractivity contribution in [2.75, 3.05) is 40.0 Å². The molecule has 19 heavy (non-hydrogen) atoms. The van der Waals surface area contributed by atoms with E-state index in [-0.39, 0.29) is 5.91 Å². The Morgan fingerprint density at radius 1 is 1.37 bits per heavy atom. The number of nitrogens with one attached hydrogen (secondary N) is 2. The highest BCUT2D eigenvalue weighted by molar-refractivity contribution is 5.94. The van der Waals surface area contributed by atoms with Crippen molar-refractivity contribution in [2.45, 2.75) is 6.92 Å². The zero-order chi connectivity index (χ0) is 13.9. The first-order chi connectivity index (χ1) is 9.29. The van der Waals surface area contributed by atoms with Crippen molar-refractivity contribution in [3.8, 4) is 5.75 Å². The van der Waals surface area contributed by atoms with Crippen LogP contribution in [0.1, 0.15) is 17.4 Å². The fourth-order valence-corrected chi connectivity index (χ4v) is 1.48. The molecule has 0 aliphatic carbocycles. The van der Waals surface area contributed by atoms with E-state index in [2.05, 4.69) is 15.6 Å². The summed E-state index contributed by atoms with van der Waals surface area (Å²) in [5.41, 5.74) is 0.321. The van der Waals surface area contributed by atoms with Crippen molar-refractivity contribution < 1.29 is 14.3 Å². The molecule has 0 fully saturated rings. The molecule has 0 atom stereocenters. The predicted molar refractivity (Wildman–Crippen MR) is 72.5 cm³/mol. The Labute approximate surface area is 113 Å². The third-order valence-corrected chi connectivity index (χ3v) is 2.36. The van der Waals surface area contributed by atoms with E-state index in [4.69, 9.17) is 9.47 Å². The molecule has 1 aromatic rings. The topological polar surface area (TPSA) is 72.5 Å². The maximum atomic E-state index is 11.9. The molecule has 2 N–H and O–H groups in total. The first kappa shape index (κ1) is 15.4. The first-order valence-electron chi connectivity index (χ1n) is 6.35. The third-order valence-electron chi connectivity index (χ3n) is 2.36. The quantitative estimate of drug-likeness (QED) is 0.635. The van der Waals surface area contributed by atoms with E-state index in [1.54, 1.807) is 25.4 Å². The van der Waals surface area contributed by atoms with E-state index in [0.717, 1.165) is 6.54 Å². The van der Waals surface area contributed by atoms with Crippen LogP contribution in [-0.4, -0.2) is 50.8 Å². The average Bonchev–Trinajstić information content (AvgIpc) is 2.43. The van der Waals surface area contributed by atoms with Crippen LogP contribution in [0, 0.1) is 0 Å². The Kier molecular flexibility index (Phi) is 7.53. The normalized spacial score (nSPS) is 10.2. The van der Waals surface area contributed by atoms with Gasteiger partial charge in [-0.2, -0.15) is 0 Å². The molecule has 1 rings (SSSR count). The highest BCUT2D eigenvalue weighted by atomic mass is 16.5. The van der Waals surface area contributed by atoms with Gasteiger partial charge < -0.3 is 20.1 Å². The maximum absolute atomic E-state index is 11.9. The van der Waals surface area contributed by atoms with Gasteiger partial charge in [-0.25, -0.2) is 4.98 Å². The van der Waals surface area contributed by atoms with Gasteiger partial charge in [-0.3, -0.25) is 4.79 Å². The Bertz CT molecular complexity index is 385. The Balaban J connectivity index is 2.36. The van der Waals surface area contributed by atoms with Crippen molar-refractivity contribution >= 4 is 5.91 Å². The molecule has 0 unspecified atom stereocenters. The molecule has 6 heteroatoms. The van der Waals surface area contributed by atoms with Gasteiger partial charge in [-0.05, 0) is 19.1 Å². The fourth-order valence-electron chi connectivity index (χ4n) is 1.48. The lowest BCUT2D eigenvalue weighted by Gasteiger charge is -2.09. The third kappa shape index (κ3) is 5.67. The minimum atomic E-state index is -0.224. The molecule has 0 spiro atoms. The zero-order valence-electron chi connectivity index (χ0n) is 11.4. The molecular weight excluding hydrogens is 246 g/mol. The van der Waals surface area contributed by atoms with Crippen molar-refractivity contribution in [1.29, 1.82) is 0 Å². The SMILES string of the molecule is CCOc1cccnc1C(=O)NCCNCCOC. The molecule has 106 valence electrons. The van der Waals surface area contributed by atoms with E-state index in [0.29, 0.717) is 37.7 Å². The van der Waals surface area contributed by atoms with Crippen molar-refractivity contribution in [2.24, 2.45) is 0 Å². The molecule has 0 bridgehead atoms. The van der Waals surface area contributed by atoms with Gasteiger partial charge in [0.05, 0.1) is 13.2 Å². The van der Waals surface area contributed by atoms with Crippen LogP contribution in [0.3, 0.4) is 0 Å². The molecule has 0 radical (unpaired) electrons. The van der Waals surface area contributed by atoms with Gasteiger partial charge in [0.2, 0.25) is 0 Å². The molecule has 1 aromatic heterocycles. The molecule has 0 aliphatic heterocycles. The number of ether oxygens (including phenoxy) is 2. The van der Waals surface area contributed by atoms with E-state index in [9.17, 15) is 4.79 Å². The predicted octanol–water partition coefficient (Wildman–Crippen LogP) is 0.446. The van der Waals surface area contributed by atoms with Crippen LogP contribution in [0.25, 0.3) is 0 Å². The van der Waals surface area contributed by atoms with E-state index in [1.807, 2.05) is 6.92 Å². The summed E-state index contributed by atoms with van der Waals surface area (Å²) in [4.78, 5) is 16.0. The fraction of sp³-hybridized carbons (Fsp3) is 0.538. The minimum Gasteiger partial charge on any atom is -0.491 e. The monoisotopic (exact) mass is 267 g/mol. The Morgan fingerprint density at radius 3 is 2.95 bits per heavy atom. The number of nitrogens with zero attached hydrogens (tertiary/aromatic N) is 1. The Hall–Kier alpha value is -1.66. The second-order valence-corrected chi connectivity index (χ2v) is 3.78. The molecule has 1 heterocycles. The van der Waals surface area contributed by atoms with Crippen molar-refractivity contribution in [3.63, 3.8) is 0 Å². The Morgan fingerprint density at radius 2 is 2.21 bits per heavy atom. The summed E-state index contributed by atoms with van der Waals surface area (Å²) in [6.45, 7) is 5.01. The first-order valence-corrected chi connectivity index (χ1v) is 6.35. The lowest BCUT2D eigenvalue weighted by molar-refractivity contribution is 0.0944. The summed E-state index contributed by atoms with van der Waals surface area (Å²) in [6, 6.07) is 3.48. The van der Waals surface area contributed by atoms with Crippen LogP contribution in [0.15, 0.2) is 18.3 Å². The highest BCUT2D eigenvalue weighted by Crippen LogP contribution is 2.14. The second kappa shape index (κ2) is 9.29. The van der Waals surface area contributed by atoms with Gasteiger partial charge in [0, 0.05) is 32.9 Å². The van der Waals surface area contributed by atoms with Crippen LogP contribution < -0.4 is 15.4 Å². The van der Waals surface area contributed by atoms with E-state index >= 15 is 0 Å². The standard InChI is InChI=1S/C13H21N3O3/c1-3-19-11-5-4-6-15-12(11)13(17)16-8-7-14-9-10-18-2/h4-6,14H,3,7-10H2,1-2H3,(H,16,17). The van der Waals surface area contributed by atoms with E-state index < -0.39 is 0 Å². The van der Waals surface area contributed by atoms with Gasteiger partial charge in [0.25, 0.3) is 5.91 Å². The van der Waals surface area contributed by atoms with Gasteiger partial charge in [-0.1, -0.05) is 0 Å². The average molecular weight is 267 g/mol. The van der Waals surface area contributed by atoms with E-state index in [1.165, 1.54) is 0 Å². The number of aromatic nitrogens is 1.